The van der Waals surface area contributed by atoms with Gasteiger partial charge in [0.15, 0.2) is 9.84 Å². The Hall–Kier alpha value is -1.82. The highest BCUT2D eigenvalue weighted by atomic mass is 32.2. The quantitative estimate of drug-likeness (QED) is 0.620. The van der Waals surface area contributed by atoms with Crippen LogP contribution in [0, 0.1) is 13.8 Å². The van der Waals surface area contributed by atoms with Gasteiger partial charge in [0.2, 0.25) is 0 Å². The lowest BCUT2D eigenvalue weighted by Gasteiger charge is -2.19. The second kappa shape index (κ2) is 7.90. The summed E-state index contributed by atoms with van der Waals surface area (Å²) in [5, 5.41) is 0. The summed E-state index contributed by atoms with van der Waals surface area (Å²) in [6.07, 6.45) is -3.03. The van der Waals surface area contributed by atoms with E-state index in [0.717, 1.165) is 22.8 Å². The molecule has 0 amide bonds. The molecule has 0 aliphatic carbocycles. The molecule has 154 valence electrons. The molecule has 0 bridgehead atoms. The first-order chi connectivity index (χ1) is 12.7. The maximum absolute atomic E-state index is 13.0. The summed E-state index contributed by atoms with van der Waals surface area (Å²) in [5.41, 5.74) is 3.01. The molecule has 0 atom stereocenters. The fourth-order valence-electron chi connectivity index (χ4n) is 2.97. The van der Waals surface area contributed by atoms with Gasteiger partial charge >= 0.3 is 6.18 Å². The van der Waals surface area contributed by atoms with Crippen molar-refractivity contribution in [3.63, 3.8) is 0 Å². The Morgan fingerprint density at radius 3 is 1.82 bits per heavy atom. The van der Waals surface area contributed by atoms with Crippen LogP contribution in [-0.2, 0) is 34.6 Å². The minimum absolute atomic E-state index is 0.00596. The van der Waals surface area contributed by atoms with Gasteiger partial charge in [-0.25, -0.2) is 8.42 Å². The number of sulfone groups is 1. The molecule has 2 rings (SSSR count). The molecule has 0 saturated carbocycles. The van der Waals surface area contributed by atoms with Crippen LogP contribution < -0.4 is 0 Å². The van der Waals surface area contributed by atoms with Crippen molar-refractivity contribution in [1.82, 2.24) is 0 Å². The molecule has 0 N–H and O–H groups in total. The Kier molecular flexibility index (Phi) is 6.34. The highest BCUT2D eigenvalue weighted by molar-refractivity contribution is 7.91. The van der Waals surface area contributed by atoms with Crippen LogP contribution >= 0.6 is 0 Å². The first-order valence-electron chi connectivity index (χ1n) is 9.19. The van der Waals surface area contributed by atoms with Crippen molar-refractivity contribution in [3.05, 3.63) is 69.8 Å². The lowest BCUT2D eigenvalue weighted by molar-refractivity contribution is -0.138. The molecular weight excluding hydrogens is 385 g/mol. The first-order valence-corrected chi connectivity index (χ1v) is 10.8. The fraction of sp³-hybridized carbons (Fsp3) is 0.455. The summed E-state index contributed by atoms with van der Waals surface area (Å²) >= 11 is 0. The van der Waals surface area contributed by atoms with E-state index in [0.29, 0.717) is 18.4 Å². The summed E-state index contributed by atoms with van der Waals surface area (Å²) in [5.74, 6) is -0.00596. The van der Waals surface area contributed by atoms with Crippen LogP contribution in [0.2, 0.25) is 0 Å². The van der Waals surface area contributed by atoms with Gasteiger partial charge in [0.05, 0.1) is 16.1 Å². The van der Waals surface area contributed by atoms with E-state index in [1.807, 2.05) is 24.3 Å². The van der Waals surface area contributed by atoms with Crippen LogP contribution in [0.1, 0.15) is 54.2 Å². The van der Waals surface area contributed by atoms with E-state index < -0.39 is 26.3 Å². The van der Waals surface area contributed by atoms with Crippen molar-refractivity contribution >= 4 is 9.84 Å². The van der Waals surface area contributed by atoms with Gasteiger partial charge in [-0.3, -0.25) is 0 Å². The van der Waals surface area contributed by atoms with E-state index in [1.54, 1.807) is 33.8 Å². The third-order valence-corrected chi connectivity index (χ3v) is 7.78. The number of halogens is 3. The van der Waals surface area contributed by atoms with Gasteiger partial charge in [-0.2, -0.15) is 13.2 Å². The molecule has 0 radical (unpaired) electrons. The molecule has 0 aliphatic heterocycles. The van der Waals surface area contributed by atoms with E-state index in [-0.39, 0.29) is 11.3 Å². The molecule has 0 saturated heterocycles. The molecule has 0 spiro atoms. The van der Waals surface area contributed by atoms with Crippen molar-refractivity contribution in [2.24, 2.45) is 0 Å². The Morgan fingerprint density at radius 1 is 0.786 bits per heavy atom. The van der Waals surface area contributed by atoms with Gasteiger partial charge in [-0.15, -0.1) is 0 Å². The van der Waals surface area contributed by atoms with Gasteiger partial charge in [0.1, 0.15) is 0 Å². The number of alkyl halides is 3. The van der Waals surface area contributed by atoms with Crippen LogP contribution in [0.25, 0.3) is 0 Å². The highest BCUT2D eigenvalue weighted by Gasteiger charge is 2.33. The Labute approximate surface area is 165 Å². The minimum Gasteiger partial charge on any atom is -0.228 e. The van der Waals surface area contributed by atoms with E-state index in [4.69, 9.17) is 0 Å². The van der Waals surface area contributed by atoms with Crippen molar-refractivity contribution in [2.45, 2.75) is 64.1 Å². The minimum atomic E-state index is -4.34. The van der Waals surface area contributed by atoms with Crippen molar-refractivity contribution < 1.29 is 21.6 Å². The van der Waals surface area contributed by atoms with Crippen LogP contribution in [0.3, 0.4) is 0 Å². The fourth-order valence-corrected chi connectivity index (χ4v) is 4.04. The summed E-state index contributed by atoms with van der Waals surface area (Å²) in [4.78, 5) is 0. The molecular formula is C22H27F3O2S. The number of rotatable bonds is 5. The highest BCUT2D eigenvalue weighted by Crippen LogP contribution is 2.34. The zero-order valence-corrected chi connectivity index (χ0v) is 17.8. The molecule has 2 aromatic carbocycles. The molecule has 6 heteroatoms. The molecule has 28 heavy (non-hydrogen) atoms. The molecule has 2 aromatic rings. The summed E-state index contributed by atoms with van der Waals surface area (Å²) in [7, 11) is -3.24. The monoisotopic (exact) mass is 412 g/mol. The van der Waals surface area contributed by atoms with Crippen molar-refractivity contribution in [1.29, 1.82) is 0 Å². The van der Waals surface area contributed by atoms with Gasteiger partial charge in [0.25, 0.3) is 0 Å². The summed E-state index contributed by atoms with van der Waals surface area (Å²) in [6.45, 7) is 8.29. The predicted octanol–water partition coefficient (Wildman–Crippen LogP) is 5.82. The van der Waals surface area contributed by atoms with Crippen molar-refractivity contribution in [3.8, 4) is 0 Å². The van der Waals surface area contributed by atoms with E-state index in [9.17, 15) is 21.6 Å². The maximum Gasteiger partial charge on any atom is 0.416 e. The lowest BCUT2D eigenvalue weighted by atomic mass is 9.94. The molecule has 0 aromatic heterocycles. The van der Waals surface area contributed by atoms with Crippen molar-refractivity contribution in [2.75, 3.05) is 0 Å². The molecule has 0 heterocycles. The average Bonchev–Trinajstić information content (AvgIpc) is 2.55. The van der Waals surface area contributed by atoms with E-state index in [1.165, 1.54) is 6.92 Å². The molecule has 0 aliphatic rings. The van der Waals surface area contributed by atoms with Crippen LogP contribution in [0.4, 0.5) is 13.2 Å². The SMILES string of the molecule is Cc1c(CCc2ccc(CS(=O)(=O)C(C)(C)C)cc2)ccc(C(F)(F)F)c1C. The van der Waals surface area contributed by atoms with E-state index >= 15 is 0 Å². The third kappa shape index (κ3) is 5.16. The standard InChI is InChI=1S/C22H27F3O2S/c1-15-16(2)20(22(23,24)25)13-12-19(15)11-10-17-6-8-18(9-7-17)14-28(26,27)21(3,4)5/h6-9,12-13H,10-11,14H2,1-5H3. The number of hydrogen-bond acceptors (Lipinski definition) is 2. The van der Waals surface area contributed by atoms with Crippen LogP contribution in [0.15, 0.2) is 36.4 Å². The number of hydrogen-bond donors (Lipinski definition) is 0. The number of benzene rings is 2. The van der Waals surface area contributed by atoms with E-state index in [2.05, 4.69) is 0 Å². The smallest absolute Gasteiger partial charge is 0.228 e. The van der Waals surface area contributed by atoms with Gasteiger partial charge in [-0.05, 0) is 81.3 Å². The molecule has 0 fully saturated rings. The predicted molar refractivity (Wildman–Crippen MR) is 107 cm³/mol. The second-order valence-electron chi connectivity index (χ2n) is 8.21. The molecule has 0 unspecified atom stereocenters. The second-order valence-corrected chi connectivity index (χ2v) is 11.0. The maximum atomic E-state index is 13.0. The zero-order chi connectivity index (χ0) is 21.3. The lowest BCUT2D eigenvalue weighted by Crippen LogP contribution is -2.29. The average molecular weight is 413 g/mol. The third-order valence-electron chi connectivity index (χ3n) is 5.20. The number of aryl methyl sites for hydroxylation is 2. The topological polar surface area (TPSA) is 34.1 Å². The Balaban J connectivity index is 2.09. The normalized spacial score (nSPS) is 13.0. The van der Waals surface area contributed by atoms with Crippen LogP contribution in [0.5, 0.6) is 0 Å². The van der Waals surface area contributed by atoms with Gasteiger partial charge < -0.3 is 0 Å². The van der Waals surface area contributed by atoms with Crippen LogP contribution in [-0.4, -0.2) is 13.2 Å². The molecule has 2 nitrogen and oxygen atoms in total. The first kappa shape index (κ1) is 22.5. The summed E-state index contributed by atoms with van der Waals surface area (Å²) < 4.78 is 62.8. The Morgan fingerprint density at radius 2 is 1.32 bits per heavy atom. The Bertz CT molecular complexity index is 935. The van der Waals surface area contributed by atoms with Gasteiger partial charge in [-0.1, -0.05) is 30.3 Å². The zero-order valence-electron chi connectivity index (χ0n) is 16.9. The van der Waals surface area contributed by atoms with Gasteiger partial charge in [0, 0.05) is 0 Å². The largest absolute Gasteiger partial charge is 0.416 e. The summed E-state index contributed by atoms with van der Waals surface area (Å²) in [6, 6.07) is 10.1.